The van der Waals surface area contributed by atoms with Gasteiger partial charge < -0.3 is 19.9 Å². The van der Waals surface area contributed by atoms with E-state index in [1.165, 1.54) is 17.3 Å². The highest BCUT2D eigenvalue weighted by molar-refractivity contribution is 5.98. The van der Waals surface area contributed by atoms with Gasteiger partial charge in [0.15, 0.2) is 0 Å². The molecule has 2 unspecified atom stereocenters. The highest BCUT2D eigenvalue weighted by atomic mass is 16.5. The molecule has 0 bridgehead atoms. The minimum absolute atomic E-state index is 0.0251. The Morgan fingerprint density at radius 1 is 0.648 bits per heavy atom. The Morgan fingerprint density at radius 3 is 1.65 bits per heavy atom. The number of carbonyl (C=O) groups is 1. The number of hydrogen-bond acceptors (Lipinski definition) is 5. The van der Waals surface area contributed by atoms with E-state index in [9.17, 15) is 4.79 Å². The van der Waals surface area contributed by atoms with Crippen molar-refractivity contribution in [2.75, 3.05) is 28.2 Å². The third-order valence-electron chi connectivity index (χ3n) is 10.5. The molecule has 5 nitrogen and oxygen atoms in total. The van der Waals surface area contributed by atoms with Crippen LogP contribution in [0.15, 0.2) is 158 Å². The maximum absolute atomic E-state index is 12.5. The molecule has 1 aliphatic carbocycles. The summed E-state index contributed by atoms with van der Waals surface area (Å²) in [6.07, 6.45) is 3.73. The maximum Gasteiger partial charge on any atom is 0.333 e. The summed E-state index contributed by atoms with van der Waals surface area (Å²) in [6.45, 7) is 11.6. The summed E-state index contributed by atoms with van der Waals surface area (Å²) in [5.74, 6) is 0.856. The molecule has 0 saturated heterocycles. The quantitative estimate of drug-likeness (QED) is 0.0559. The highest BCUT2D eigenvalue weighted by Crippen LogP contribution is 2.40. The molecule has 0 radical (unpaired) electrons. The summed E-state index contributed by atoms with van der Waals surface area (Å²) in [4.78, 5) is 17.2. The molecule has 1 saturated carbocycles. The number of para-hydroxylation sites is 2. The van der Waals surface area contributed by atoms with Crippen LogP contribution in [0.5, 0.6) is 0 Å². The van der Waals surface area contributed by atoms with Crippen molar-refractivity contribution < 1.29 is 9.53 Å². The summed E-state index contributed by atoms with van der Waals surface area (Å²) in [5.41, 5.74) is 9.60. The standard InChI is InChI=1S/C49H50N3O2/c1-5-51(38-17-9-7-10-18-38)40-29-25-36(26-30-40)48(37-27-31-41(32-28-37)52(6-2)39-19-11-8-12-20-39)44-33-34-45(43-22-14-13-21-42(43)44)50-46-23-15-16-24-47(46)54-49(53)35(3)4/h7-14,17-22,25-34,46-47,50H,3,5-6,15-16,23-24H2,1-2,4H3/q+1. The number of benzene rings is 6. The van der Waals surface area contributed by atoms with E-state index in [-0.39, 0.29) is 18.1 Å². The Hall–Kier alpha value is -5.94. The SMILES string of the molecule is C=C(C)C(=O)OC1CCCCC1Nc1ccc([C+](c2ccc(N(CC)c3ccccc3)cc2)c2ccc(N(CC)c3ccccc3)cc2)c2ccccc12. The van der Waals surface area contributed by atoms with E-state index >= 15 is 0 Å². The average Bonchev–Trinajstić information content (AvgIpc) is 3.22. The molecular weight excluding hydrogens is 663 g/mol. The molecule has 6 aromatic carbocycles. The molecule has 0 aliphatic heterocycles. The lowest BCUT2D eigenvalue weighted by molar-refractivity contribution is -0.146. The largest absolute Gasteiger partial charge is 0.457 e. The van der Waals surface area contributed by atoms with Crippen LogP contribution in [0.2, 0.25) is 0 Å². The number of esters is 1. The number of nitrogens with zero attached hydrogens (tertiary/aromatic N) is 2. The summed E-state index contributed by atoms with van der Waals surface area (Å²) in [7, 11) is 0. The summed E-state index contributed by atoms with van der Waals surface area (Å²) in [6, 6.07) is 52.2. The van der Waals surface area contributed by atoms with Gasteiger partial charge in [0.2, 0.25) is 0 Å². The van der Waals surface area contributed by atoms with Crippen LogP contribution in [0.1, 0.15) is 63.1 Å². The Morgan fingerprint density at radius 2 is 1.13 bits per heavy atom. The molecular formula is C49H50N3O2+. The molecule has 0 heterocycles. The number of anilines is 5. The van der Waals surface area contributed by atoms with Gasteiger partial charge >= 0.3 is 5.97 Å². The molecule has 1 N–H and O–H groups in total. The maximum atomic E-state index is 12.5. The first kappa shape index (κ1) is 36.4. The summed E-state index contributed by atoms with van der Waals surface area (Å²) >= 11 is 0. The number of ether oxygens (including phenoxy) is 1. The lowest BCUT2D eigenvalue weighted by atomic mass is 9.82. The molecule has 7 rings (SSSR count). The lowest BCUT2D eigenvalue weighted by Crippen LogP contribution is -2.40. The number of fused-ring (bicyclic) bond motifs is 1. The van der Waals surface area contributed by atoms with E-state index in [1.807, 2.05) is 0 Å². The van der Waals surface area contributed by atoms with Crippen molar-refractivity contribution in [2.24, 2.45) is 0 Å². The number of rotatable bonds is 13. The first-order valence-corrected chi connectivity index (χ1v) is 19.3. The molecule has 5 heteroatoms. The first-order valence-electron chi connectivity index (χ1n) is 19.3. The van der Waals surface area contributed by atoms with Crippen LogP contribution in [0.25, 0.3) is 10.8 Å². The molecule has 0 aromatic heterocycles. The van der Waals surface area contributed by atoms with Crippen LogP contribution in [-0.2, 0) is 9.53 Å². The van der Waals surface area contributed by atoms with E-state index in [4.69, 9.17) is 4.74 Å². The van der Waals surface area contributed by atoms with Crippen molar-refractivity contribution in [3.05, 3.63) is 180 Å². The molecule has 1 aliphatic rings. The van der Waals surface area contributed by atoms with Crippen LogP contribution >= 0.6 is 0 Å². The second kappa shape index (κ2) is 16.8. The van der Waals surface area contributed by atoms with Gasteiger partial charge in [0.05, 0.1) is 45.7 Å². The van der Waals surface area contributed by atoms with Crippen LogP contribution in [0.3, 0.4) is 0 Å². The van der Waals surface area contributed by atoms with Gasteiger partial charge in [-0.15, -0.1) is 0 Å². The second-order valence-corrected chi connectivity index (χ2v) is 14.1. The van der Waals surface area contributed by atoms with E-state index in [0.29, 0.717) is 5.57 Å². The highest BCUT2D eigenvalue weighted by Gasteiger charge is 2.31. The fourth-order valence-electron chi connectivity index (χ4n) is 7.82. The molecule has 0 spiro atoms. The van der Waals surface area contributed by atoms with E-state index in [2.05, 4.69) is 181 Å². The first-order chi connectivity index (χ1) is 26.4. The third-order valence-corrected chi connectivity index (χ3v) is 10.5. The van der Waals surface area contributed by atoms with Crippen LogP contribution in [0, 0.1) is 5.92 Å². The summed E-state index contributed by atoms with van der Waals surface area (Å²) < 4.78 is 5.94. The molecule has 0 amide bonds. The molecule has 6 aromatic rings. The lowest BCUT2D eigenvalue weighted by Gasteiger charge is -2.33. The van der Waals surface area contributed by atoms with Gasteiger partial charge in [-0.05, 0) is 137 Å². The van der Waals surface area contributed by atoms with Crippen LogP contribution in [0.4, 0.5) is 28.4 Å². The van der Waals surface area contributed by atoms with E-state index in [1.54, 1.807) is 6.92 Å². The molecule has 1 fully saturated rings. The van der Waals surface area contributed by atoms with Gasteiger partial charge in [-0.3, -0.25) is 0 Å². The van der Waals surface area contributed by atoms with Crippen molar-refractivity contribution in [3.8, 4) is 0 Å². The molecule has 54 heavy (non-hydrogen) atoms. The van der Waals surface area contributed by atoms with Crippen LogP contribution < -0.4 is 15.1 Å². The minimum Gasteiger partial charge on any atom is -0.457 e. The van der Waals surface area contributed by atoms with Crippen LogP contribution in [-0.4, -0.2) is 31.2 Å². The third kappa shape index (κ3) is 7.86. The predicted molar refractivity (Wildman–Crippen MR) is 226 cm³/mol. The van der Waals surface area contributed by atoms with Gasteiger partial charge in [-0.2, -0.15) is 0 Å². The zero-order valence-electron chi connectivity index (χ0n) is 31.7. The van der Waals surface area contributed by atoms with Gasteiger partial charge in [-0.1, -0.05) is 61.5 Å². The minimum atomic E-state index is -0.318. The van der Waals surface area contributed by atoms with Gasteiger partial charge in [0.25, 0.3) is 0 Å². The Labute approximate surface area is 320 Å². The monoisotopic (exact) mass is 712 g/mol. The normalized spacial score (nSPS) is 15.3. The van der Waals surface area contributed by atoms with Crippen molar-refractivity contribution in [3.63, 3.8) is 0 Å². The van der Waals surface area contributed by atoms with Gasteiger partial charge in [-0.25, -0.2) is 4.79 Å². The van der Waals surface area contributed by atoms with Gasteiger partial charge in [0, 0.05) is 40.8 Å². The smallest absolute Gasteiger partial charge is 0.333 e. The van der Waals surface area contributed by atoms with Crippen molar-refractivity contribution in [2.45, 2.75) is 58.6 Å². The zero-order chi connectivity index (χ0) is 37.4. The summed E-state index contributed by atoms with van der Waals surface area (Å²) in [5, 5.41) is 6.12. The number of nitrogens with one attached hydrogen (secondary N) is 1. The van der Waals surface area contributed by atoms with Crippen molar-refractivity contribution in [1.82, 2.24) is 0 Å². The zero-order valence-corrected chi connectivity index (χ0v) is 31.7. The Kier molecular flexibility index (Phi) is 11.3. The van der Waals surface area contributed by atoms with Gasteiger partial charge in [0.1, 0.15) is 6.10 Å². The number of carbonyl (C=O) groups excluding carboxylic acids is 1. The van der Waals surface area contributed by atoms with Crippen molar-refractivity contribution >= 4 is 45.2 Å². The second-order valence-electron chi connectivity index (χ2n) is 14.1. The Balaban J connectivity index is 1.28. The fraction of sp³-hybridized carbons (Fsp3) is 0.224. The number of hydrogen-bond donors (Lipinski definition) is 1. The average molecular weight is 713 g/mol. The molecule has 2 atom stereocenters. The van der Waals surface area contributed by atoms with E-state index < -0.39 is 0 Å². The Bertz CT molecular complexity index is 2070. The topological polar surface area (TPSA) is 44.8 Å². The predicted octanol–water partition coefficient (Wildman–Crippen LogP) is 12.0. The molecule has 272 valence electrons. The van der Waals surface area contributed by atoms with Crippen molar-refractivity contribution in [1.29, 1.82) is 0 Å². The fourth-order valence-corrected chi connectivity index (χ4v) is 7.82. The van der Waals surface area contributed by atoms with E-state index in [0.717, 1.165) is 83.3 Å².